The fourth-order valence-electron chi connectivity index (χ4n) is 1.59. The number of nitriles is 2. The van der Waals surface area contributed by atoms with Gasteiger partial charge in [-0.1, -0.05) is 36.0 Å². The van der Waals surface area contributed by atoms with Gasteiger partial charge in [0.25, 0.3) is 5.24 Å². The van der Waals surface area contributed by atoms with Crippen molar-refractivity contribution >= 4 is 34.5 Å². The van der Waals surface area contributed by atoms with Crippen molar-refractivity contribution in [3.63, 3.8) is 0 Å². The Bertz CT molecular complexity index is 657. The van der Waals surface area contributed by atoms with Crippen molar-refractivity contribution in [2.45, 2.75) is 6.04 Å². The summed E-state index contributed by atoms with van der Waals surface area (Å²) in [4.78, 5) is 11.0. The van der Waals surface area contributed by atoms with Crippen LogP contribution >= 0.6 is 11.8 Å². The number of rotatable bonds is 4. The predicted octanol–water partition coefficient (Wildman–Crippen LogP) is 1.84. The van der Waals surface area contributed by atoms with Gasteiger partial charge >= 0.3 is 0 Å². The van der Waals surface area contributed by atoms with Gasteiger partial charge in [-0.15, -0.1) is 0 Å². The molecule has 1 atom stereocenters. The average Bonchev–Trinajstić information content (AvgIpc) is 2.56. The molecule has 0 aromatic heterocycles. The molecule has 1 amide bonds. The lowest BCUT2D eigenvalue weighted by molar-refractivity contribution is 0.254. The van der Waals surface area contributed by atoms with Crippen molar-refractivity contribution in [2.75, 3.05) is 11.2 Å². The molecule has 1 aliphatic rings. The molecule has 110 valence electrons. The second-order valence-corrected chi connectivity index (χ2v) is 5.24. The van der Waals surface area contributed by atoms with Gasteiger partial charge in [-0.2, -0.15) is 15.6 Å². The molecular formula is C14H12N6OS. The number of hydrazine groups is 1. The molecule has 22 heavy (non-hydrogen) atoms. The third-order valence-electron chi connectivity index (χ3n) is 2.69. The Morgan fingerprint density at radius 3 is 2.68 bits per heavy atom. The molecule has 3 N–H and O–H groups in total. The topological polar surface area (TPSA) is 113 Å². The summed E-state index contributed by atoms with van der Waals surface area (Å²) in [6.07, 6.45) is 3.91. The third kappa shape index (κ3) is 4.63. The van der Waals surface area contributed by atoms with Crippen molar-refractivity contribution in [3.8, 4) is 12.1 Å². The van der Waals surface area contributed by atoms with Crippen LogP contribution in [0.4, 0.5) is 10.5 Å². The zero-order valence-corrected chi connectivity index (χ0v) is 12.2. The number of hydrogen-bond donors (Lipinski definition) is 3. The third-order valence-corrected chi connectivity index (χ3v) is 3.58. The highest BCUT2D eigenvalue weighted by Gasteiger charge is 2.14. The smallest absolute Gasteiger partial charge is 0.282 e. The summed E-state index contributed by atoms with van der Waals surface area (Å²) in [5, 5.41) is 20.7. The number of carbonyl (C=O) groups excluding carboxylic acids is 1. The molecule has 1 unspecified atom stereocenters. The monoisotopic (exact) mass is 312 g/mol. The van der Waals surface area contributed by atoms with Gasteiger partial charge in [0.05, 0.1) is 11.7 Å². The SMILES string of the molecule is N#CC(C#N)=NNc1ccc(/C=C/C2CSC(=O)NN2)cc1. The Morgan fingerprint density at radius 1 is 1.36 bits per heavy atom. The lowest BCUT2D eigenvalue weighted by Gasteiger charge is -2.20. The molecule has 1 aromatic carbocycles. The van der Waals surface area contributed by atoms with Crippen LogP contribution in [0.2, 0.25) is 0 Å². The van der Waals surface area contributed by atoms with E-state index in [0.29, 0.717) is 11.4 Å². The Balaban J connectivity index is 1.92. The quantitative estimate of drug-likeness (QED) is 0.577. The van der Waals surface area contributed by atoms with Gasteiger partial charge in [-0.3, -0.25) is 15.6 Å². The van der Waals surface area contributed by atoms with Crippen LogP contribution in [0.1, 0.15) is 5.56 Å². The maximum absolute atomic E-state index is 11.0. The van der Waals surface area contributed by atoms with Crippen LogP contribution in [-0.2, 0) is 0 Å². The Kier molecular flexibility index (Phi) is 5.55. The zero-order valence-electron chi connectivity index (χ0n) is 11.4. The minimum absolute atomic E-state index is 0.0743. The summed E-state index contributed by atoms with van der Waals surface area (Å²) < 4.78 is 0. The van der Waals surface area contributed by atoms with Crippen LogP contribution in [0.3, 0.4) is 0 Å². The van der Waals surface area contributed by atoms with Gasteiger partial charge in [0, 0.05) is 5.75 Å². The molecule has 0 saturated carbocycles. The van der Waals surface area contributed by atoms with E-state index in [1.54, 1.807) is 24.3 Å². The van der Waals surface area contributed by atoms with E-state index >= 15 is 0 Å². The molecule has 0 spiro atoms. The lowest BCUT2D eigenvalue weighted by Crippen LogP contribution is -2.47. The van der Waals surface area contributed by atoms with E-state index in [2.05, 4.69) is 21.4 Å². The Hall–Kier alpha value is -2.81. The highest BCUT2D eigenvalue weighted by molar-refractivity contribution is 8.13. The first-order valence-electron chi connectivity index (χ1n) is 6.31. The van der Waals surface area contributed by atoms with E-state index in [9.17, 15) is 4.79 Å². The fourth-order valence-corrected chi connectivity index (χ4v) is 2.25. The van der Waals surface area contributed by atoms with Gasteiger partial charge < -0.3 is 0 Å². The minimum Gasteiger partial charge on any atom is -0.282 e. The molecule has 0 radical (unpaired) electrons. The number of amides is 1. The molecule has 2 rings (SSSR count). The van der Waals surface area contributed by atoms with Gasteiger partial charge in [-0.05, 0) is 17.7 Å². The van der Waals surface area contributed by atoms with E-state index in [1.165, 1.54) is 11.8 Å². The summed E-state index contributed by atoms with van der Waals surface area (Å²) in [6.45, 7) is 0. The van der Waals surface area contributed by atoms with Gasteiger partial charge in [0.1, 0.15) is 12.1 Å². The standard InChI is InChI=1S/C14H12N6OS/c15-7-13(8-16)19-17-11-4-1-10(2-5-11)3-6-12-9-22-14(21)20-18-12/h1-6,12,17-18H,9H2,(H,20,21)/b6-3+. The largest absolute Gasteiger partial charge is 0.293 e. The lowest BCUT2D eigenvalue weighted by atomic mass is 10.1. The number of thioether (sulfide) groups is 1. The molecule has 8 heteroatoms. The van der Waals surface area contributed by atoms with Crippen LogP contribution in [0, 0.1) is 22.7 Å². The van der Waals surface area contributed by atoms with E-state index in [1.807, 2.05) is 24.3 Å². The second-order valence-electron chi connectivity index (χ2n) is 4.25. The number of hydrogen-bond acceptors (Lipinski definition) is 7. The molecule has 1 aliphatic heterocycles. The van der Waals surface area contributed by atoms with E-state index in [-0.39, 0.29) is 17.0 Å². The molecule has 0 aliphatic carbocycles. The summed E-state index contributed by atoms with van der Waals surface area (Å²) in [6, 6.07) is 10.8. The molecule has 0 bridgehead atoms. The Morgan fingerprint density at radius 2 is 2.09 bits per heavy atom. The first-order chi connectivity index (χ1) is 10.7. The summed E-state index contributed by atoms with van der Waals surface area (Å²) >= 11 is 1.24. The number of hydrazone groups is 1. The normalized spacial score (nSPS) is 17.2. The van der Waals surface area contributed by atoms with Crippen LogP contribution in [0.25, 0.3) is 6.08 Å². The second kappa shape index (κ2) is 7.84. The van der Waals surface area contributed by atoms with Crippen molar-refractivity contribution in [1.29, 1.82) is 10.5 Å². The van der Waals surface area contributed by atoms with Crippen molar-refractivity contribution in [1.82, 2.24) is 10.9 Å². The number of benzene rings is 1. The number of carbonyl (C=O) groups is 1. The first-order valence-corrected chi connectivity index (χ1v) is 7.30. The maximum atomic E-state index is 11.0. The summed E-state index contributed by atoms with van der Waals surface area (Å²) in [5.41, 5.74) is 9.53. The van der Waals surface area contributed by atoms with Crippen molar-refractivity contribution in [3.05, 3.63) is 35.9 Å². The van der Waals surface area contributed by atoms with Crippen molar-refractivity contribution < 1.29 is 4.79 Å². The number of anilines is 1. The molecular weight excluding hydrogens is 300 g/mol. The molecule has 1 heterocycles. The van der Waals surface area contributed by atoms with E-state index in [0.717, 1.165) is 5.56 Å². The van der Waals surface area contributed by atoms with Crippen LogP contribution in [-0.4, -0.2) is 22.7 Å². The molecule has 1 saturated heterocycles. The maximum Gasteiger partial charge on any atom is 0.293 e. The summed E-state index contributed by atoms with van der Waals surface area (Å²) in [7, 11) is 0. The van der Waals surface area contributed by atoms with Gasteiger partial charge in [-0.25, -0.2) is 5.43 Å². The van der Waals surface area contributed by atoms with Crippen LogP contribution in [0.5, 0.6) is 0 Å². The first kappa shape index (κ1) is 15.6. The van der Waals surface area contributed by atoms with Gasteiger partial charge in [0.2, 0.25) is 5.71 Å². The Labute approximate surface area is 131 Å². The number of nitrogens with zero attached hydrogens (tertiary/aromatic N) is 3. The highest BCUT2D eigenvalue weighted by Crippen LogP contribution is 2.13. The molecule has 1 aromatic rings. The van der Waals surface area contributed by atoms with Crippen molar-refractivity contribution in [2.24, 2.45) is 5.10 Å². The summed E-state index contributed by atoms with van der Waals surface area (Å²) in [5.74, 6) is 0.682. The number of nitrogens with one attached hydrogen (secondary N) is 3. The highest BCUT2D eigenvalue weighted by atomic mass is 32.2. The van der Waals surface area contributed by atoms with Gasteiger partial charge in [0.15, 0.2) is 0 Å². The average molecular weight is 312 g/mol. The van der Waals surface area contributed by atoms with E-state index in [4.69, 9.17) is 10.5 Å². The zero-order chi connectivity index (χ0) is 15.8. The van der Waals surface area contributed by atoms with E-state index < -0.39 is 0 Å². The molecule has 7 nitrogen and oxygen atoms in total. The fraction of sp³-hybridized carbons (Fsp3) is 0.143. The molecule has 1 fully saturated rings. The minimum atomic E-state index is -0.230. The van der Waals surface area contributed by atoms with Crippen LogP contribution < -0.4 is 16.3 Å². The predicted molar refractivity (Wildman–Crippen MR) is 85.7 cm³/mol. The van der Waals surface area contributed by atoms with Crippen LogP contribution in [0.15, 0.2) is 35.4 Å².